The van der Waals surface area contributed by atoms with Gasteiger partial charge >= 0.3 is 0 Å². The number of hydrogen-bond donors (Lipinski definition) is 1. The van der Waals surface area contributed by atoms with Crippen LogP contribution in [0.25, 0.3) is 5.65 Å². The molecule has 0 saturated carbocycles. The Kier molecular flexibility index (Phi) is 1.68. The second-order valence-electron chi connectivity index (χ2n) is 2.68. The van der Waals surface area contributed by atoms with E-state index in [1.807, 2.05) is 0 Å². The number of fused-ring (bicyclic) bond motifs is 1. The summed E-state index contributed by atoms with van der Waals surface area (Å²) >= 11 is 0. The second-order valence-corrected chi connectivity index (χ2v) is 2.68. The molecule has 0 aliphatic heterocycles. The summed E-state index contributed by atoms with van der Waals surface area (Å²) in [6.45, 7) is 0. The Balaban J connectivity index is 3.00. The lowest BCUT2D eigenvalue weighted by atomic mass is 10.3. The monoisotopic (exact) mass is 187 g/mol. The zero-order chi connectivity index (χ0) is 10.1. The van der Waals surface area contributed by atoms with Gasteiger partial charge in [-0.25, -0.2) is 4.98 Å². The van der Waals surface area contributed by atoms with E-state index in [0.717, 1.165) is 10.6 Å². The first kappa shape index (κ1) is 8.26. The Hall–Kier alpha value is -2.35. The van der Waals surface area contributed by atoms with Crippen LogP contribution in [0.4, 0.5) is 0 Å². The van der Waals surface area contributed by atoms with Gasteiger partial charge < -0.3 is 5.11 Å². The molecule has 1 N–H and O–H groups in total. The minimum absolute atomic E-state index is 0.0481. The van der Waals surface area contributed by atoms with Gasteiger partial charge in [-0.05, 0) is 12.1 Å². The Bertz CT molecular complexity index is 595. The van der Waals surface area contributed by atoms with E-state index in [1.54, 1.807) is 6.07 Å². The normalized spacial score (nSPS) is 9.93. The van der Waals surface area contributed by atoms with Crippen molar-refractivity contribution in [3.05, 3.63) is 40.4 Å². The zero-order valence-corrected chi connectivity index (χ0v) is 7.01. The average Bonchev–Trinajstić information content (AvgIpc) is 2.20. The number of nitriles is 1. The topological polar surface area (TPSA) is 78.4 Å². The van der Waals surface area contributed by atoms with Gasteiger partial charge in [-0.2, -0.15) is 5.26 Å². The van der Waals surface area contributed by atoms with E-state index in [9.17, 15) is 9.90 Å². The molecule has 0 fully saturated rings. The van der Waals surface area contributed by atoms with Crippen LogP contribution >= 0.6 is 0 Å². The number of aromatic nitrogens is 2. The molecule has 0 radical (unpaired) electrons. The van der Waals surface area contributed by atoms with E-state index in [2.05, 4.69) is 4.98 Å². The zero-order valence-electron chi connectivity index (χ0n) is 7.01. The number of hydrogen-bond acceptors (Lipinski definition) is 4. The summed E-state index contributed by atoms with van der Waals surface area (Å²) in [5.41, 5.74) is -0.377. The van der Waals surface area contributed by atoms with Crippen LogP contribution in [-0.4, -0.2) is 14.5 Å². The summed E-state index contributed by atoms with van der Waals surface area (Å²) in [5, 5.41) is 17.9. The maximum atomic E-state index is 11.5. The first-order valence-electron chi connectivity index (χ1n) is 3.83. The fraction of sp³-hybridized carbons (Fsp3) is 0. The van der Waals surface area contributed by atoms with Gasteiger partial charge in [0.15, 0.2) is 11.4 Å². The summed E-state index contributed by atoms with van der Waals surface area (Å²) in [7, 11) is 0. The smallest absolute Gasteiger partial charge is 0.275 e. The van der Waals surface area contributed by atoms with E-state index in [-0.39, 0.29) is 17.0 Å². The lowest BCUT2D eigenvalue weighted by molar-refractivity contribution is 0.476. The molecule has 68 valence electrons. The fourth-order valence-electron chi connectivity index (χ4n) is 1.17. The van der Waals surface area contributed by atoms with Gasteiger partial charge in [-0.1, -0.05) is 0 Å². The average molecular weight is 187 g/mol. The molecule has 0 aliphatic carbocycles. The first-order valence-corrected chi connectivity index (χ1v) is 3.83. The van der Waals surface area contributed by atoms with Crippen molar-refractivity contribution in [1.82, 2.24) is 9.38 Å². The SMILES string of the molecule is N#Cc1cnc2c(O)cccn2c1=O. The van der Waals surface area contributed by atoms with Crippen molar-refractivity contribution >= 4 is 5.65 Å². The van der Waals surface area contributed by atoms with Crippen LogP contribution in [0.2, 0.25) is 0 Å². The molecule has 0 bridgehead atoms. The highest BCUT2D eigenvalue weighted by molar-refractivity contribution is 5.52. The second kappa shape index (κ2) is 2.85. The quantitative estimate of drug-likeness (QED) is 0.642. The lowest BCUT2D eigenvalue weighted by Gasteiger charge is -2.00. The van der Waals surface area contributed by atoms with Crippen LogP contribution in [0.1, 0.15) is 5.56 Å². The molecule has 5 heteroatoms. The Morgan fingerprint density at radius 1 is 1.57 bits per heavy atom. The molecule has 0 atom stereocenters. The summed E-state index contributed by atoms with van der Waals surface area (Å²) in [4.78, 5) is 15.3. The maximum absolute atomic E-state index is 11.5. The van der Waals surface area contributed by atoms with E-state index < -0.39 is 5.56 Å². The number of nitrogens with zero attached hydrogens (tertiary/aromatic N) is 3. The number of rotatable bonds is 0. The molecule has 2 rings (SSSR count). The molecule has 0 unspecified atom stereocenters. The van der Waals surface area contributed by atoms with Crippen LogP contribution < -0.4 is 5.56 Å². The maximum Gasteiger partial charge on any atom is 0.275 e. The molecule has 14 heavy (non-hydrogen) atoms. The molecular formula is C9H5N3O2. The Morgan fingerprint density at radius 2 is 2.36 bits per heavy atom. The predicted molar refractivity (Wildman–Crippen MR) is 47.8 cm³/mol. The van der Waals surface area contributed by atoms with E-state index >= 15 is 0 Å². The minimum Gasteiger partial charge on any atom is -0.504 e. The van der Waals surface area contributed by atoms with Crippen molar-refractivity contribution < 1.29 is 5.11 Å². The fourth-order valence-corrected chi connectivity index (χ4v) is 1.17. The van der Waals surface area contributed by atoms with E-state index in [4.69, 9.17) is 5.26 Å². The summed E-state index contributed by atoms with van der Waals surface area (Å²) in [6, 6.07) is 4.66. The standard InChI is InChI=1S/C9H5N3O2/c10-4-6-5-11-8-7(13)2-1-3-12(8)9(6)14/h1-3,5,13H. The van der Waals surface area contributed by atoms with Crippen LogP contribution in [0.15, 0.2) is 29.3 Å². The lowest BCUT2D eigenvalue weighted by Crippen LogP contribution is -2.17. The molecule has 0 aromatic carbocycles. The highest BCUT2D eigenvalue weighted by Gasteiger charge is 2.05. The van der Waals surface area contributed by atoms with Crippen LogP contribution in [-0.2, 0) is 0 Å². The van der Waals surface area contributed by atoms with Gasteiger partial charge in [-0.15, -0.1) is 0 Å². The number of aromatic hydroxyl groups is 1. The Morgan fingerprint density at radius 3 is 3.07 bits per heavy atom. The molecule has 0 amide bonds. The van der Waals surface area contributed by atoms with Crippen molar-refractivity contribution in [2.75, 3.05) is 0 Å². The van der Waals surface area contributed by atoms with Gasteiger partial charge in [0.05, 0.1) is 6.20 Å². The highest BCUT2D eigenvalue weighted by Crippen LogP contribution is 2.12. The third-order valence-electron chi connectivity index (χ3n) is 1.83. The Labute approximate surface area is 78.5 Å². The molecule has 0 saturated heterocycles. The molecule has 0 spiro atoms. The minimum atomic E-state index is -0.478. The largest absolute Gasteiger partial charge is 0.504 e. The van der Waals surface area contributed by atoms with Crippen molar-refractivity contribution in [3.8, 4) is 11.8 Å². The molecule has 2 aromatic heterocycles. The van der Waals surface area contributed by atoms with E-state index in [1.165, 1.54) is 18.3 Å². The highest BCUT2D eigenvalue weighted by atomic mass is 16.3. The summed E-state index contributed by atoms with van der Waals surface area (Å²) < 4.78 is 1.13. The van der Waals surface area contributed by atoms with Gasteiger partial charge in [0, 0.05) is 6.20 Å². The van der Waals surface area contributed by atoms with E-state index in [0.29, 0.717) is 0 Å². The van der Waals surface area contributed by atoms with Gasteiger partial charge in [-0.3, -0.25) is 9.20 Å². The molecular weight excluding hydrogens is 182 g/mol. The predicted octanol–water partition coefficient (Wildman–Crippen LogP) is 0.272. The third kappa shape index (κ3) is 1.02. The van der Waals surface area contributed by atoms with Crippen molar-refractivity contribution in [2.45, 2.75) is 0 Å². The van der Waals surface area contributed by atoms with Gasteiger partial charge in [0.2, 0.25) is 0 Å². The van der Waals surface area contributed by atoms with Crippen LogP contribution in [0.3, 0.4) is 0 Å². The van der Waals surface area contributed by atoms with Gasteiger partial charge in [0.25, 0.3) is 5.56 Å². The molecule has 2 heterocycles. The first-order chi connectivity index (χ1) is 6.74. The van der Waals surface area contributed by atoms with Gasteiger partial charge in [0.1, 0.15) is 11.6 Å². The van der Waals surface area contributed by atoms with Crippen molar-refractivity contribution in [3.63, 3.8) is 0 Å². The van der Waals surface area contributed by atoms with Crippen molar-refractivity contribution in [2.24, 2.45) is 0 Å². The molecule has 0 aliphatic rings. The van der Waals surface area contributed by atoms with Crippen molar-refractivity contribution in [1.29, 1.82) is 5.26 Å². The van der Waals surface area contributed by atoms with Crippen LogP contribution in [0.5, 0.6) is 5.75 Å². The van der Waals surface area contributed by atoms with Crippen LogP contribution in [0, 0.1) is 11.3 Å². The summed E-state index contributed by atoms with van der Waals surface area (Å²) in [6.07, 6.45) is 2.60. The summed E-state index contributed by atoms with van der Waals surface area (Å²) in [5.74, 6) is -0.0888. The number of pyridine rings is 1. The third-order valence-corrected chi connectivity index (χ3v) is 1.83. The molecule has 2 aromatic rings. The molecule has 5 nitrogen and oxygen atoms in total.